The highest BCUT2D eigenvalue weighted by atomic mass is 79.9. The van der Waals surface area contributed by atoms with Crippen LogP contribution in [0.15, 0.2) is 28.7 Å². The summed E-state index contributed by atoms with van der Waals surface area (Å²) in [5, 5.41) is 3.79. The van der Waals surface area contributed by atoms with Crippen LogP contribution in [0.2, 0.25) is 0 Å². The Morgan fingerprint density at radius 2 is 1.95 bits per heavy atom. The van der Waals surface area contributed by atoms with E-state index in [1.807, 2.05) is 0 Å². The van der Waals surface area contributed by atoms with E-state index >= 15 is 0 Å². The van der Waals surface area contributed by atoms with E-state index in [-0.39, 0.29) is 0 Å². The molecule has 1 saturated carbocycles. The monoisotopic (exact) mass is 324 g/mol. The Morgan fingerprint density at radius 3 is 2.63 bits per heavy atom. The van der Waals surface area contributed by atoms with Crippen molar-refractivity contribution in [2.75, 3.05) is 6.54 Å². The summed E-state index contributed by atoms with van der Waals surface area (Å²) in [6.07, 6.45) is 6.35. The molecular weight excluding hydrogens is 300 g/mol. The first-order valence-electron chi connectivity index (χ1n) is 7.39. The van der Waals surface area contributed by atoms with Crippen LogP contribution in [0, 0.1) is 5.92 Å². The quantitative estimate of drug-likeness (QED) is 0.870. The molecule has 0 heterocycles. The molecule has 3 unspecified atom stereocenters. The topological polar surface area (TPSA) is 38.0 Å². The van der Waals surface area contributed by atoms with Gasteiger partial charge in [-0.15, -0.1) is 0 Å². The molecule has 0 aliphatic heterocycles. The number of benzene rings is 1. The average Bonchev–Trinajstić information content (AvgIpc) is 2.42. The molecule has 1 aliphatic carbocycles. The van der Waals surface area contributed by atoms with Gasteiger partial charge in [-0.05, 0) is 56.3 Å². The van der Waals surface area contributed by atoms with Gasteiger partial charge >= 0.3 is 0 Å². The molecule has 106 valence electrons. The van der Waals surface area contributed by atoms with Crippen LogP contribution >= 0.6 is 15.9 Å². The summed E-state index contributed by atoms with van der Waals surface area (Å²) in [7, 11) is 0. The third kappa shape index (κ3) is 4.59. The molecule has 0 radical (unpaired) electrons. The van der Waals surface area contributed by atoms with Gasteiger partial charge in [0.1, 0.15) is 0 Å². The first kappa shape index (κ1) is 15.0. The van der Waals surface area contributed by atoms with Crippen molar-refractivity contribution >= 4 is 15.9 Å². The van der Waals surface area contributed by atoms with Crippen molar-refractivity contribution in [2.24, 2.45) is 11.7 Å². The van der Waals surface area contributed by atoms with E-state index in [1.54, 1.807) is 0 Å². The maximum Gasteiger partial charge on any atom is 0.0175 e. The van der Waals surface area contributed by atoms with Crippen LogP contribution in [0.3, 0.4) is 0 Å². The Balaban J connectivity index is 1.86. The van der Waals surface area contributed by atoms with Crippen LogP contribution in [0.25, 0.3) is 0 Å². The fourth-order valence-corrected chi connectivity index (χ4v) is 3.37. The number of hydrogen-bond acceptors (Lipinski definition) is 2. The maximum atomic E-state index is 5.89. The summed E-state index contributed by atoms with van der Waals surface area (Å²) in [5.74, 6) is 0.668. The third-order valence-corrected chi connectivity index (χ3v) is 4.69. The Bertz CT molecular complexity index is 377. The molecule has 1 aromatic rings. The highest BCUT2D eigenvalue weighted by molar-refractivity contribution is 9.10. The number of nitrogens with two attached hydrogens (primary N) is 1. The molecule has 1 aliphatic rings. The Kier molecular flexibility index (Phi) is 5.86. The van der Waals surface area contributed by atoms with Gasteiger partial charge in [-0.25, -0.2) is 0 Å². The van der Waals surface area contributed by atoms with Crippen LogP contribution in [0.5, 0.6) is 0 Å². The number of rotatable bonds is 5. The summed E-state index contributed by atoms with van der Waals surface area (Å²) < 4.78 is 1.15. The molecule has 3 heteroatoms. The largest absolute Gasteiger partial charge is 0.330 e. The van der Waals surface area contributed by atoms with Crippen LogP contribution in [-0.2, 0) is 6.42 Å². The van der Waals surface area contributed by atoms with Gasteiger partial charge in [0, 0.05) is 16.6 Å². The molecule has 3 atom stereocenters. The molecule has 2 nitrogen and oxygen atoms in total. The van der Waals surface area contributed by atoms with Crippen molar-refractivity contribution in [2.45, 2.75) is 51.1 Å². The molecule has 2 rings (SSSR count). The second-order valence-corrected chi connectivity index (χ2v) is 6.70. The van der Waals surface area contributed by atoms with Gasteiger partial charge in [0.25, 0.3) is 0 Å². The fourth-order valence-electron chi connectivity index (χ4n) is 3.11. The summed E-state index contributed by atoms with van der Waals surface area (Å²) in [5.41, 5.74) is 7.29. The molecule has 1 aromatic carbocycles. The van der Waals surface area contributed by atoms with Crippen molar-refractivity contribution < 1.29 is 0 Å². The normalized spacial score (nSPS) is 25.2. The summed E-state index contributed by atoms with van der Waals surface area (Å²) in [6.45, 7) is 3.10. The summed E-state index contributed by atoms with van der Waals surface area (Å²) in [4.78, 5) is 0. The number of hydrogen-bond donors (Lipinski definition) is 2. The minimum absolute atomic E-state index is 0.512. The van der Waals surface area contributed by atoms with Crippen LogP contribution in [0.1, 0.15) is 38.2 Å². The van der Waals surface area contributed by atoms with Gasteiger partial charge in [-0.2, -0.15) is 0 Å². The molecule has 0 amide bonds. The van der Waals surface area contributed by atoms with Crippen molar-refractivity contribution in [3.05, 3.63) is 34.3 Å². The molecule has 19 heavy (non-hydrogen) atoms. The predicted octanol–water partition coefficient (Wildman–Crippen LogP) is 3.49. The van der Waals surface area contributed by atoms with E-state index in [1.165, 1.54) is 31.2 Å². The van der Waals surface area contributed by atoms with Gasteiger partial charge in [0.15, 0.2) is 0 Å². The van der Waals surface area contributed by atoms with E-state index in [9.17, 15) is 0 Å². The molecule has 0 bridgehead atoms. The second kappa shape index (κ2) is 7.41. The lowest BCUT2D eigenvalue weighted by atomic mass is 9.84. The summed E-state index contributed by atoms with van der Waals surface area (Å²) >= 11 is 3.48. The zero-order valence-electron chi connectivity index (χ0n) is 11.7. The maximum absolute atomic E-state index is 5.89. The van der Waals surface area contributed by atoms with Crippen molar-refractivity contribution in [1.29, 1.82) is 0 Å². The van der Waals surface area contributed by atoms with Gasteiger partial charge in [-0.3, -0.25) is 0 Å². The predicted molar refractivity (Wildman–Crippen MR) is 85.2 cm³/mol. The second-order valence-electron chi connectivity index (χ2n) is 5.79. The van der Waals surface area contributed by atoms with Gasteiger partial charge in [-0.1, -0.05) is 40.9 Å². The molecule has 3 N–H and O–H groups in total. The SMILES string of the molecule is CC(Cc1ccc(Br)cc1)NC1CCCCC1CN. The van der Waals surface area contributed by atoms with E-state index < -0.39 is 0 Å². The highest BCUT2D eigenvalue weighted by Crippen LogP contribution is 2.24. The zero-order valence-corrected chi connectivity index (χ0v) is 13.3. The van der Waals surface area contributed by atoms with E-state index in [2.05, 4.69) is 52.4 Å². The fraction of sp³-hybridized carbons (Fsp3) is 0.625. The van der Waals surface area contributed by atoms with Gasteiger partial charge in [0.2, 0.25) is 0 Å². The molecule has 0 saturated heterocycles. The van der Waals surface area contributed by atoms with E-state index in [4.69, 9.17) is 5.73 Å². The lowest BCUT2D eigenvalue weighted by Gasteiger charge is -2.33. The zero-order chi connectivity index (χ0) is 13.7. The van der Waals surface area contributed by atoms with E-state index in [0.717, 1.165) is 17.4 Å². The Hall–Kier alpha value is -0.380. The first-order valence-corrected chi connectivity index (χ1v) is 8.19. The van der Waals surface area contributed by atoms with Crippen LogP contribution < -0.4 is 11.1 Å². The number of halogens is 1. The van der Waals surface area contributed by atoms with Gasteiger partial charge in [0.05, 0.1) is 0 Å². The van der Waals surface area contributed by atoms with Crippen LogP contribution in [0.4, 0.5) is 0 Å². The van der Waals surface area contributed by atoms with Crippen molar-refractivity contribution in [3.63, 3.8) is 0 Å². The van der Waals surface area contributed by atoms with Crippen molar-refractivity contribution in [1.82, 2.24) is 5.32 Å². The standard InChI is InChI=1S/C16H25BrN2/c1-12(10-13-6-8-15(17)9-7-13)19-16-5-3-2-4-14(16)11-18/h6-9,12,14,16,19H,2-5,10-11,18H2,1H3. The third-order valence-electron chi connectivity index (χ3n) is 4.17. The molecule has 0 aromatic heterocycles. The average molecular weight is 325 g/mol. The van der Waals surface area contributed by atoms with Crippen molar-refractivity contribution in [3.8, 4) is 0 Å². The summed E-state index contributed by atoms with van der Waals surface area (Å²) in [6, 6.07) is 9.76. The van der Waals surface area contributed by atoms with Crippen LogP contribution in [-0.4, -0.2) is 18.6 Å². The molecular formula is C16H25BrN2. The highest BCUT2D eigenvalue weighted by Gasteiger charge is 2.24. The lowest BCUT2D eigenvalue weighted by Crippen LogP contribution is -2.46. The Morgan fingerprint density at radius 1 is 1.26 bits per heavy atom. The van der Waals surface area contributed by atoms with E-state index in [0.29, 0.717) is 18.0 Å². The molecule has 0 spiro atoms. The first-order chi connectivity index (χ1) is 9.19. The Labute approximate surface area is 125 Å². The molecule has 1 fully saturated rings. The minimum atomic E-state index is 0.512. The minimum Gasteiger partial charge on any atom is -0.330 e. The van der Waals surface area contributed by atoms with Gasteiger partial charge < -0.3 is 11.1 Å². The smallest absolute Gasteiger partial charge is 0.0175 e. The lowest BCUT2D eigenvalue weighted by molar-refractivity contribution is 0.251. The number of nitrogens with one attached hydrogen (secondary N) is 1.